The van der Waals surface area contributed by atoms with Gasteiger partial charge in [-0.3, -0.25) is 14.4 Å². The molecule has 0 saturated heterocycles. The summed E-state index contributed by atoms with van der Waals surface area (Å²) in [5, 5.41) is 28.0. The summed E-state index contributed by atoms with van der Waals surface area (Å²) in [4.78, 5) is 53.1. The minimum absolute atomic E-state index is 0.0904. The molecule has 0 aliphatic heterocycles. The molecule has 0 aliphatic carbocycles. The number of nitrogens with one attached hydrogen (secondary N) is 4. The molecule has 0 bridgehead atoms. The zero-order valence-corrected chi connectivity index (χ0v) is 20.4. The molecule has 35 heavy (non-hydrogen) atoms. The first kappa shape index (κ1) is 27.8. The van der Waals surface area contributed by atoms with Crippen molar-refractivity contribution in [3.05, 3.63) is 36.0 Å². The van der Waals surface area contributed by atoms with Gasteiger partial charge in [-0.05, 0) is 31.4 Å². The van der Waals surface area contributed by atoms with Crippen LogP contribution >= 0.6 is 0 Å². The van der Waals surface area contributed by atoms with Crippen LogP contribution in [0.1, 0.15) is 39.7 Å². The van der Waals surface area contributed by atoms with Crippen LogP contribution in [0.4, 0.5) is 0 Å². The third-order valence-electron chi connectivity index (χ3n) is 5.98. The molecule has 0 aliphatic rings. The van der Waals surface area contributed by atoms with E-state index < -0.39 is 54.0 Å². The molecule has 2 aromatic rings. The summed E-state index contributed by atoms with van der Waals surface area (Å²) < 4.78 is 0. The number of fused-ring (bicyclic) bond motifs is 1. The van der Waals surface area contributed by atoms with Crippen molar-refractivity contribution in [2.24, 2.45) is 11.7 Å². The number of aromatic nitrogens is 1. The number of aliphatic hydroxyl groups is 1. The van der Waals surface area contributed by atoms with Gasteiger partial charge in [0.25, 0.3) is 0 Å². The standard InChI is InChI=1S/C24H35N5O6/c1-5-12(2)19(24(34)35)28-23(33)20(14(4)30)29-22(32)18(27-21(31)13(3)25)10-15-11-26-17-9-7-6-8-16(15)17/h6-9,11-14,18-20,26,30H,5,10,25H2,1-4H3,(H,27,31)(H,28,33)(H,29,32)(H,34,35). The number of aliphatic hydroxyl groups excluding tert-OH is 1. The second kappa shape index (κ2) is 12.3. The molecule has 1 aromatic carbocycles. The van der Waals surface area contributed by atoms with Gasteiger partial charge in [0.05, 0.1) is 12.1 Å². The van der Waals surface area contributed by atoms with Crippen LogP contribution in [0.15, 0.2) is 30.5 Å². The molecule has 6 unspecified atom stereocenters. The van der Waals surface area contributed by atoms with Crippen LogP contribution in [0.25, 0.3) is 10.9 Å². The molecule has 0 fully saturated rings. The Kier molecular flexibility index (Phi) is 9.78. The SMILES string of the molecule is CCC(C)C(NC(=O)C(NC(=O)C(Cc1c[nH]c2ccccc12)NC(=O)C(C)N)C(C)O)C(=O)O. The molecular formula is C24H35N5O6. The van der Waals surface area contributed by atoms with Gasteiger partial charge >= 0.3 is 5.97 Å². The number of carbonyl (C=O) groups excluding carboxylic acids is 3. The second-order valence-corrected chi connectivity index (χ2v) is 8.85. The highest BCUT2D eigenvalue weighted by Crippen LogP contribution is 2.19. The quantitative estimate of drug-likeness (QED) is 0.219. The summed E-state index contributed by atoms with van der Waals surface area (Å²) in [7, 11) is 0. The second-order valence-electron chi connectivity index (χ2n) is 8.85. The van der Waals surface area contributed by atoms with E-state index in [-0.39, 0.29) is 12.3 Å². The molecule has 11 heteroatoms. The maximum atomic E-state index is 13.2. The molecule has 0 spiro atoms. The molecule has 1 heterocycles. The predicted molar refractivity (Wildman–Crippen MR) is 130 cm³/mol. The van der Waals surface area contributed by atoms with E-state index in [0.717, 1.165) is 16.5 Å². The van der Waals surface area contributed by atoms with Crippen molar-refractivity contribution in [3.63, 3.8) is 0 Å². The van der Waals surface area contributed by atoms with E-state index >= 15 is 0 Å². The number of aromatic amines is 1. The molecule has 2 rings (SSSR count). The summed E-state index contributed by atoms with van der Waals surface area (Å²) in [6.07, 6.45) is 0.987. The zero-order chi connectivity index (χ0) is 26.3. The Morgan fingerprint density at radius 3 is 2.17 bits per heavy atom. The van der Waals surface area contributed by atoms with Crippen LogP contribution in [0.5, 0.6) is 0 Å². The van der Waals surface area contributed by atoms with Crippen molar-refractivity contribution in [1.29, 1.82) is 0 Å². The lowest BCUT2D eigenvalue weighted by Gasteiger charge is -2.27. The number of nitrogens with two attached hydrogens (primary N) is 1. The number of H-pyrrole nitrogens is 1. The first-order chi connectivity index (χ1) is 16.5. The zero-order valence-electron chi connectivity index (χ0n) is 20.4. The third-order valence-corrected chi connectivity index (χ3v) is 5.98. The summed E-state index contributed by atoms with van der Waals surface area (Å²) in [6, 6.07) is 2.84. The fourth-order valence-corrected chi connectivity index (χ4v) is 3.62. The number of para-hydroxylation sites is 1. The van der Waals surface area contributed by atoms with E-state index in [2.05, 4.69) is 20.9 Å². The Hall–Kier alpha value is -3.44. The minimum Gasteiger partial charge on any atom is -0.480 e. The number of aliphatic carboxylic acids is 1. The van der Waals surface area contributed by atoms with Gasteiger partial charge in [-0.1, -0.05) is 38.5 Å². The average Bonchev–Trinajstić information content (AvgIpc) is 3.21. The molecule has 0 radical (unpaired) electrons. The number of rotatable bonds is 12. The van der Waals surface area contributed by atoms with Gasteiger partial charge in [-0.2, -0.15) is 0 Å². The third kappa shape index (κ3) is 7.27. The number of carbonyl (C=O) groups is 4. The van der Waals surface area contributed by atoms with E-state index in [1.807, 2.05) is 24.3 Å². The first-order valence-electron chi connectivity index (χ1n) is 11.6. The van der Waals surface area contributed by atoms with Gasteiger partial charge in [0, 0.05) is 23.5 Å². The fourth-order valence-electron chi connectivity index (χ4n) is 3.62. The Balaban J connectivity index is 2.26. The van der Waals surface area contributed by atoms with E-state index in [4.69, 9.17) is 5.73 Å². The number of carboxylic acid groups (broad SMARTS) is 1. The van der Waals surface area contributed by atoms with Gasteiger partial charge in [-0.15, -0.1) is 0 Å². The Labute approximate surface area is 203 Å². The van der Waals surface area contributed by atoms with Crippen molar-refractivity contribution in [2.75, 3.05) is 0 Å². The number of hydrogen-bond acceptors (Lipinski definition) is 6. The first-order valence-corrected chi connectivity index (χ1v) is 11.6. The molecule has 11 nitrogen and oxygen atoms in total. The van der Waals surface area contributed by atoms with Crippen molar-refractivity contribution < 1.29 is 29.4 Å². The maximum Gasteiger partial charge on any atom is 0.326 e. The highest BCUT2D eigenvalue weighted by molar-refractivity contribution is 5.95. The highest BCUT2D eigenvalue weighted by Gasteiger charge is 2.34. The molecule has 6 atom stereocenters. The lowest BCUT2D eigenvalue weighted by molar-refractivity contribution is -0.144. The Morgan fingerprint density at radius 2 is 1.60 bits per heavy atom. The molecule has 0 saturated carbocycles. The molecule has 3 amide bonds. The number of benzene rings is 1. The van der Waals surface area contributed by atoms with Crippen LogP contribution in [0.2, 0.25) is 0 Å². The molecule has 1 aromatic heterocycles. The van der Waals surface area contributed by atoms with E-state index in [0.29, 0.717) is 6.42 Å². The number of amides is 3. The van der Waals surface area contributed by atoms with Gasteiger partial charge < -0.3 is 36.9 Å². The Morgan fingerprint density at radius 1 is 0.971 bits per heavy atom. The normalized spacial score (nSPS) is 16.4. The van der Waals surface area contributed by atoms with Gasteiger partial charge in [-0.25, -0.2) is 4.79 Å². The lowest BCUT2D eigenvalue weighted by atomic mass is 9.98. The van der Waals surface area contributed by atoms with E-state index in [9.17, 15) is 29.4 Å². The van der Waals surface area contributed by atoms with Gasteiger partial charge in [0.15, 0.2) is 0 Å². The van der Waals surface area contributed by atoms with Crippen LogP contribution in [-0.2, 0) is 25.6 Å². The van der Waals surface area contributed by atoms with Gasteiger partial charge in [0.2, 0.25) is 17.7 Å². The number of carboxylic acids is 1. The van der Waals surface area contributed by atoms with E-state index in [1.54, 1.807) is 20.0 Å². The monoisotopic (exact) mass is 489 g/mol. The van der Waals surface area contributed by atoms with Crippen LogP contribution in [0, 0.1) is 5.92 Å². The Bertz CT molecular complexity index is 1050. The molecular weight excluding hydrogens is 454 g/mol. The summed E-state index contributed by atoms with van der Waals surface area (Å²) >= 11 is 0. The largest absolute Gasteiger partial charge is 0.480 e. The highest BCUT2D eigenvalue weighted by atomic mass is 16.4. The van der Waals surface area contributed by atoms with Crippen LogP contribution < -0.4 is 21.7 Å². The summed E-state index contributed by atoms with van der Waals surface area (Å²) in [5.41, 5.74) is 7.27. The summed E-state index contributed by atoms with van der Waals surface area (Å²) in [6.45, 7) is 6.24. The van der Waals surface area contributed by atoms with E-state index in [1.165, 1.54) is 13.8 Å². The number of hydrogen-bond donors (Lipinski definition) is 7. The molecule has 192 valence electrons. The smallest absolute Gasteiger partial charge is 0.326 e. The van der Waals surface area contributed by atoms with Crippen molar-refractivity contribution >= 4 is 34.6 Å². The van der Waals surface area contributed by atoms with Crippen molar-refractivity contribution in [2.45, 2.75) is 70.8 Å². The average molecular weight is 490 g/mol. The van der Waals surface area contributed by atoms with Gasteiger partial charge in [0.1, 0.15) is 18.1 Å². The lowest BCUT2D eigenvalue weighted by Crippen LogP contribution is -2.60. The minimum atomic E-state index is -1.44. The van der Waals surface area contributed by atoms with Crippen molar-refractivity contribution in [3.8, 4) is 0 Å². The maximum absolute atomic E-state index is 13.2. The van der Waals surface area contributed by atoms with Crippen molar-refractivity contribution in [1.82, 2.24) is 20.9 Å². The predicted octanol–water partition coefficient (Wildman–Crippen LogP) is 0.0235. The fraction of sp³-hybridized carbons (Fsp3) is 0.500. The summed E-state index contributed by atoms with van der Waals surface area (Å²) in [5.74, 6) is -3.72. The van der Waals surface area contributed by atoms with Crippen LogP contribution in [0.3, 0.4) is 0 Å². The topological polar surface area (TPSA) is 187 Å². The molecule has 8 N–H and O–H groups in total. The van der Waals surface area contributed by atoms with Crippen LogP contribution in [-0.4, -0.2) is 69.2 Å².